The molecular formula is C18H23NO5. The number of hydrogen-bond acceptors (Lipinski definition) is 5. The monoisotopic (exact) mass is 333 g/mol. The molecule has 1 aromatic carbocycles. The molecular weight excluding hydrogens is 310 g/mol. The first-order valence-corrected chi connectivity index (χ1v) is 7.95. The van der Waals surface area contributed by atoms with E-state index in [2.05, 4.69) is 0 Å². The lowest BCUT2D eigenvalue weighted by Gasteiger charge is -2.27. The molecule has 0 aromatic heterocycles. The van der Waals surface area contributed by atoms with E-state index in [4.69, 9.17) is 9.47 Å². The highest BCUT2D eigenvalue weighted by Gasteiger charge is 2.42. The Balaban J connectivity index is 2.02. The summed E-state index contributed by atoms with van der Waals surface area (Å²) in [6, 6.07) is 8.49. The number of hydrogen-bond donors (Lipinski definition) is 0. The van der Waals surface area contributed by atoms with Gasteiger partial charge in [-0.1, -0.05) is 30.3 Å². The molecule has 1 aliphatic heterocycles. The van der Waals surface area contributed by atoms with Gasteiger partial charge >= 0.3 is 12.1 Å². The zero-order chi connectivity index (χ0) is 17.7. The summed E-state index contributed by atoms with van der Waals surface area (Å²) in [4.78, 5) is 37.0. The molecule has 1 heterocycles. The molecule has 1 saturated heterocycles. The maximum absolute atomic E-state index is 12.4. The van der Waals surface area contributed by atoms with Gasteiger partial charge in [0.1, 0.15) is 24.5 Å². The van der Waals surface area contributed by atoms with E-state index in [1.54, 1.807) is 20.8 Å². The molecule has 2 rings (SSSR count). The van der Waals surface area contributed by atoms with Crippen molar-refractivity contribution in [2.75, 3.05) is 6.54 Å². The second-order valence-electron chi connectivity index (χ2n) is 6.87. The van der Waals surface area contributed by atoms with E-state index >= 15 is 0 Å². The second kappa shape index (κ2) is 7.47. The van der Waals surface area contributed by atoms with Gasteiger partial charge in [0.25, 0.3) is 0 Å². The lowest BCUT2D eigenvalue weighted by atomic mass is 10.1. The third-order valence-corrected chi connectivity index (χ3v) is 3.65. The van der Waals surface area contributed by atoms with Crippen molar-refractivity contribution >= 4 is 18.3 Å². The number of amides is 1. The summed E-state index contributed by atoms with van der Waals surface area (Å²) in [6.07, 6.45) is 0.423. The highest BCUT2D eigenvalue weighted by molar-refractivity contribution is 5.83. The van der Waals surface area contributed by atoms with E-state index in [1.807, 2.05) is 30.3 Å². The van der Waals surface area contributed by atoms with Crippen LogP contribution in [0.1, 0.15) is 32.8 Å². The zero-order valence-electron chi connectivity index (χ0n) is 14.2. The molecule has 0 N–H and O–H groups in total. The molecule has 1 unspecified atom stereocenters. The van der Waals surface area contributed by atoms with Crippen molar-refractivity contribution in [1.82, 2.24) is 4.90 Å². The number of nitrogens with zero attached hydrogens (tertiary/aromatic N) is 1. The molecule has 0 saturated carbocycles. The van der Waals surface area contributed by atoms with Crippen molar-refractivity contribution in [2.45, 2.75) is 45.4 Å². The number of esters is 1. The Labute approximate surface area is 141 Å². The second-order valence-corrected chi connectivity index (χ2v) is 6.87. The average Bonchev–Trinajstić information content (AvgIpc) is 2.96. The van der Waals surface area contributed by atoms with Crippen LogP contribution in [0, 0.1) is 5.92 Å². The summed E-state index contributed by atoms with van der Waals surface area (Å²) in [5.74, 6) is -0.902. The number of ether oxygens (including phenoxy) is 2. The number of likely N-dealkylation sites (tertiary alicyclic amines) is 1. The Hall–Kier alpha value is -2.37. The lowest BCUT2D eigenvalue weighted by Crippen LogP contribution is -2.44. The van der Waals surface area contributed by atoms with Crippen LogP contribution < -0.4 is 0 Å². The molecule has 1 fully saturated rings. The standard InChI is InChI=1S/C18H23NO5/c1-18(2,3)24-17(22)19-10-14(11-20)9-15(19)16(21)23-12-13-7-5-4-6-8-13/h4-8,11,14-15H,9-10,12H2,1-3H3/t14?,15-/m0/s1. The molecule has 24 heavy (non-hydrogen) atoms. The molecule has 0 spiro atoms. The van der Waals surface area contributed by atoms with Crippen LogP contribution >= 0.6 is 0 Å². The Morgan fingerprint density at radius 2 is 1.92 bits per heavy atom. The largest absolute Gasteiger partial charge is 0.459 e. The summed E-state index contributed by atoms with van der Waals surface area (Å²) < 4.78 is 10.6. The van der Waals surface area contributed by atoms with Crippen molar-refractivity contribution in [1.29, 1.82) is 0 Å². The van der Waals surface area contributed by atoms with Crippen molar-refractivity contribution in [3.8, 4) is 0 Å². The predicted molar refractivity (Wildman–Crippen MR) is 87.1 cm³/mol. The van der Waals surface area contributed by atoms with Crippen LogP contribution in [0.3, 0.4) is 0 Å². The average molecular weight is 333 g/mol. The van der Waals surface area contributed by atoms with Crippen LogP contribution in [-0.4, -0.2) is 41.4 Å². The van der Waals surface area contributed by atoms with E-state index in [1.165, 1.54) is 4.90 Å². The maximum Gasteiger partial charge on any atom is 0.411 e. The molecule has 0 bridgehead atoms. The third kappa shape index (κ3) is 4.81. The fourth-order valence-electron chi connectivity index (χ4n) is 2.54. The molecule has 130 valence electrons. The highest BCUT2D eigenvalue weighted by atomic mass is 16.6. The van der Waals surface area contributed by atoms with Gasteiger partial charge in [0.15, 0.2) is 0 Å². The number of carbonyl (C=O) groups excluding carboxylic acids is 3. The Morgan fingerprint density at radius 1 is 1.25 bits per heavy atom. The molecule has 6 nitrogen and oxygen atoms in total. The summed E-state index contributed by atoms with van der Waals surface area (Å²) in [5.41, 5.74) is 0.189. The van der Waals surface area contributed by atoms with Gasteiger partial charge in [-0.3, -0.25) is 4.90 Å². The van der Waals surface area contributed by atoms with E-state index in [0.717, 1.165) is 11.8 Å². The first-order valence-electron chi connectivity index (χ1n) is 7.95. The van der Waals surface area contributed by atoms with E-state index in [-0.39, 0.29) is 25.5 Å². The number of rotatable bonds is 4. The van der Waals surface area contributed by atoms with Crippen LogP contribution in [0.15, 0.2) is 30.3 Å². The number of carbonyl (C=O) groups is 3. The normalized spacial score (nSPS) is 20.5. The quantitative estimate of drug-likeness (QED) is 0.625. The summed E-state index contributed by atoms with van der Waals surface area (Å²) in [7, 11) is 0. The van der Waals surface area contributed by atoms with Gasteiger partial charge in [-0.15, -0.1) is 0 Å². The fraction of sp³-hybridized carbons (Fsp3) is 0.500. The topological polar surface area (TPSA) is 72.9 Å². The maximum atomic E-state index is 12.4. The van der Waals surface area contributed by atoms with Gasteiger partial charge in [-0.05, 0) is 32.8 Å². The van der Waals surface area contributed by atoms with Gasteiger partial charge in [0, 0.05) is 12.5 Å². The fourth-order valence-corrected chi connectivity index (χ4v) is 2.54. The Kier molecular flexibility index (Phi) is 5.59. The summed E-state index contributed by atoms with van der Waals surface area (Å²) >= 11 is 0. The first kappa shape index (κ1) is 18.0. The molecule has 6 heteroatoms. The van der Waals surface area contributed by atoms with E-state index in [0.29, 0.717) is 0 Å². The molecule has 1 amide bonds. The van der Waals surface area contributed by atoms with Crippen molar-refractivity contribution < 1.29 is 23.9 Å². The van der Waals surface area contributed by atoms with Crippen LogP contribution in [-0.2, 0) is 25.7 Å². The van der Waals surface area contributed by atoms with Crippen molar-refractivity contribution in [3.63, 3.8) is 0 Å². The molecule has 0 radical (unpaired) electrons. The minimum Gasteiger partial charge on any atom is -0.459 e. The molecule has 2 atom stereocenters. The SMILES string of the molecule is CC(C)(C)OC(=O)N1CC(C=O)C[C@H]1C(=O)OCc1ccccc1. The van der Waals surface area contributed by atoms with Gasteiger partial charge in [0.2, 0.25) is 0 Å². The Bertz CT molecular complexity index is 593. The first-order chi connectivity index (χ1) is 11.3. The highest BCUT2D eigenvalue weighted by Crippen LogP contribution is 2.25. The predicted octanol–water partition coefficient (Wildman–Crippen LogP) is 2.55. The van der Waals surface area contributed by atoms with Crippen LogP contribution in [0.25, 0.3) is 0 Å². The van der Waals surface area contributed by atoms with Crippen LogP contribution in [0.5, 0.6) is 0 Å². The third-order valence-electron chi connectivity index (χ3n) is 3.65. The van der Waals surface area contributed by atoms with Gasteiger partial charge in [-0.25, -0.2) is 9.59 Å². The van der Waals surface area contributed by atoms with Crippen LogP contribution in [0.2, 0.25) is 0 Å². The zero-order valence-corrected chi connectivity index (χ0v) is 14.2. The molecule has 0 aliphatic carbocycles. The van der Waals surface area contributed by atoms with E-state index in [9.17, 15) is 14.4 Å². The van der Waals surface area contributed by atoms with Gasteiger partial charge < -0.3 is 14.3 Å². The van der Waals surface area contributed by atoms with E-state index < -0.39 is 23.7 Å². The number of benzene rings is 1. The minimum atomic E-state index is -0.793. The van der Waals surface area contributed by atoms with Crippen molar-refractivity contribution in [3.05, 3.63) is 35.9 Å². The van der Waals surface area contributed by atoms with Crippen LogP contribution in [0.4, 0.5) is 4.79 Å². The summed E-state index contributed by atoms with van der Waals surface area (Å²) in [6.45, 7) is 5.55. The lowest BCUT2D eigenvalue weighted by molar-refractivity contribution is -0.150. The molecule has 1 aromatic rings. The smallest absolute Gasteiger partial charge is 0.411 e. The Morgan fingerprint density at radius 3 is 2.50 bits per heavy atom. The number of aldehydes is 1. The summed E-state index contributed by atoms with van der Waals surface area (Å²) in [5, 5.41) is 0. The van der Waals surface area contributed by atoms with Crippen molar-refractivity contribution in [2.24, 2.45) is 5.92 Å². The minimum absolute atomic E-state index is 0.129. The van der Waals surface area contributed by atoms with Gasteiger partial charge in [0.05, 0.1) is 0 Å². The molecule has 1 aliphatic rings. The van der Waals surface area contributed by atoms with Gasteiger partial charge in [-0.2, -0.15) is 0 Å².